The fourth-order valence-corrected chi connectivity index (χ4v) is 2.08. The summed E-state index contributed by atoms with van der Waals surface area (Å²) >= 11 is 0. The highest BCUT2D eigenvalue weighted by Gasteiger charge is 2.10. The van der Waals surface area contributed by atoms with E-state index in [1.54, 1.807) is 14.2 Å². The molecular weight excluding hydrogens is 286 g/mol. The molecule has 0 spiro atoms. The number of methoxy groups -OCH3 is 2. The zero-order valence-corrected chi connectivity index (χ0v) is 13.2. The minimum atomic E-state index is -0.964. The van der Waals surface area contributed by atoms with Crippen LogP contribution >= 0.6 is 0 Å². The lowest BCUT2D eigenvalue weighted by Crippen LogP contribution is -2.29. The topological polar surface area (TPSA) is 84.9 Å². The number of carbonyl (C=O) groups excluding carboxylic acids is 1. The largest absolute Gasteiger partial charge is 0.493 e. The Labute approximate surface area is 130 Å². The Bertz CT molecular complexity index is 515. The van der Waals surface area contributed by atoms with Crippen LogP contribution in [0.25, 0.3) is 0 Å². The maximum absolute atomic E-state index is 11.5. The first-order valence-electron chi connectivity index (χ1n) is 7.15. The summed E-state index contributed by atoms with van der Waals surface area (Å²) < 4.78 is 10.5. The van der Waals surface area contributed by atoms with E-state index in [9.17, 15) is 9.59 Å². The SMILES string of the molecule is COc1ccc(CC(C)CNC(=O)CCC(=O)O)cc1OC. The van der Waals surface area contributed by atoms with Gasteiger partial charge in [0, 0.05) is 13.0 Å². The van der Waals surface area contributed by atoms with Crippen molar-refractivity contribution in [3.63, 3.8) is 0 Å². The molecule has 0 aliphatic carbocycles. The molecule has 1 atom stereocenters. The van der Waals surface area contributed by atoms with Gasteiger partial charge in [0.05, 0.1) is 20.6 Å². The molecule has 22 heavy (non-hydrogen) atoms. The van der Waals surface area contributed by atoms with E-state index < -0.39 is 5.97 Å². The molecule has 0 saturated carbocycles. The molecule has 6 nitrogen and oxygen atoms in total. The zero-order valence-electron chi connectivity index (χ0n) is 13.2. The van der Waals surface area contributed by atoms with Crippen LogP contribution in [0.4, 0.5) is 0 Å². The van der Waals surface area contributed by atoms with Crippen molar-refractivity contribution >= 4 is 11.9 Å². The van der Waals surface area contributed by atoms with Crippen LogP contribution in [0.15, 0.2) is 18.2 Å². The van der Waals surface area contributed by atoms with E-state index in [4.69, 9.17) is 14.6 Å². The van der Waals surface area contributed by atoms with E-state index >= 15 is 0 Å². The first-order chi connectivity index (χ1) is 10.5. The monoisotopic (exact) mass is 309 g/mol. The number of carboxylic acids is 1. The van der Waals surface area contributed by atoms with Gasteiger partial charge in [0.1, 0.15) is 0 Å². The Morgan fingerprint density at radius 2 is 1.86 bits per heavy atom. The predicted molar refractivity (Wildman–Crippen MR) is 82.3 cm³/mol. The maximum Gasteiger partial charge on any atom is 0.303 e. The summed E-state index contributed by atoms with van der Waals surface area (Å²) in [6.45, 7) is 2.53. The summed E-state index contributed by atoms with van der Waals surface area (Å²) in [4.78, 5) is 21.9. The summed E-state index contributed by atoms with van der Waals surface area (Å²) in [5.41, 5.74) is 1.09. The molecule has 0 aliphatic rings. The molecule has 1 amide bonds. The molecule has 1 aromatic carbocycles. The normalized spacial score (nSPS) is 11.6. The number of benzene rings is 1. The van der Waals surface area contributed by atoms with Gasteiger partial charge in [0.15, 0.2) is 11.5 Å². The second kappa shape index (κ2) is 8.92. The second-order valence-electron chi connectivity index (χ2n) is 5.20. The molecule has 1 unspecified atom stereocenters. The molecule has 1 rings (SSSR count). The van der Waals surface area contributed by atoms with Crippen molar-refractivity contribution in [1.82, 2.24) is 5.32 Å². The quantitative estimate of drug-likeness (QED) is 0.727. The highest BCUT2D eigenvalue weighted by molar-refractivity contribution is 5.80. The fraction of sp³-hybridized carbons (Fsp3) is 0.500. The molecule has 0 heterocycles. The van der Waals surface area contributed by atoms with Gasteiger partial charge in [0.2, 0.25) is 5.91 Å². The highest BCUT2D eigenvalue weighted by atomic mass is 16.5. The maximum atomic E-state index is 11.5. The lowest BCUT2D eigenvalue weighted by Gasteiger charge is -2.14. The molecule has 0 radical (unpaired) electrons. The molecule has 0 aromatic heterocycles. The van der Waals surface area contributed by atoms with Crippen molar-refractivity contribution in [3.05, 3.63) is 23.8 Å². The predicted octanol–water partition coefficient (Wildman–Crippen LogP) is 1.86. The van der Waals surface area contributed by atoms with Gasteiger partial charge in [-0.05, 0) is 30.0 Å². The van der Waals surface area contributed by atoms with Crippen LogP contribution in [-0.4, -0.2) is 37.7 Å². The van der Waals surface area contributed by atoms with Crippen LogP contribution in [-0.2, 0) is 16.0 Å². The Kier molecular flexibility index (Phi) is 7.22. The van der Waals surface area contributed by atoms with Gasteiger partial charge < -0.3 is 19.9 Å². The second-order valence-corrected chi connectivity index (χ2v) is 5.20. The zero-order chi connectivity index (χ0) is 16.5. The molecule has 0 bridgehead atoms. The van der Waals surface area contributed by atoms with Crippen LogP contribution < -0.4 is 14.8 Å². The first-order valence-corrected chi connectivity index (χ1v) is 7.15. The smallest absolute Gasteiger partial charge is 0.303 e. The number of hydrogen-bond acceptors (Lipinski definition) is 4. The summed E-state index contributed by atoms with van der Waals surface area (Å²) in [5.74, 6) is 0.389. The molecule has 122 valence electrons. The Hall–Kier alpha value is -2.24. The molecule has 1 aromatic rings. The van der Waals surface area contributed by atoms with Gasteiger partial charge in [-0.1, -0.05) is 13.0 Å². The van der Waals surface area contributed by atoms with Crippen LogP contribution in [0.1, 0.15) is 25.3 Å². The third-order valence-corrected chi connectivity index (χ3v) is 3.25. The number of amides is 1. The van der Waals surface area contributed by atoms with Gasteiger partial charge >= 0.3 is 5.97 Å². The van der Waals surface area contributed by atoms with Gasteiger partial charge in [-0.2, -0.15) is 0 Å². The van der Waals surface area contributed by atoms with Crippen LogP contribution in [0.3, 0.4) is 0 Å². The Morgan fingerprint density at radius 3 is 2.45 bits per heavy atom. The third kappa shape index (κ3) is 6.03. The number of rotatable bonds is 9. The minimum absolute atomic E-state index is 0.0123. The summed E-state index contributed by atoms with van der Waals surface area (Å²) in [7, 11) is 3.18. The molecule has 6 heteroatoms. The third-order valence-electron chi connectivity index (χ3n) is 3.25. The van der Waals surface area contributed by atoms with E-state index in [0.29, 0.717) is 18.0 Å². The number of nitrogens with one attached hydrogen (secondary N) is 1. The van der Waals surface area contributed by atoms with Gasteiger partial charge in [-0.3, -0.25) is 9.59 Å². The Morgan fingerprint density at radius 1 is 1.18 bits per heavy atom. The fourth-order valence-electron chi connectivity index (χ4n) is 2.08. The van der Waals surface area contributed by atoms with Crippen LogP contribution in [0, 0.1) is 5.92 Å². The van der Waals surface area contributed by atoms with Crippen LogP contribution in [0.2, 0.25) is 0 Å². The number of carboxylic acid groups (broad SMARTS) is 1. The molecule has 0 aliphatic heterocycles. The number of ether oxygens (including phenoxy) is 2. The van der Waals surface area contributed by atoms with Crippen molar-refractivity contribution in [2.75, 3.05) is 20.8 Å². The average molecular weight is 309 g/mol. The minimum Gasteiger partial charge on any atom is -0.493 e. The van der Waals surface area contributed by atoms with E-state index in [2.05, 4.69) is 5.32 Å². The molecule has 0 saturated heterocycles. The van der Waals surface area contributed by atoms with E-state index in [0.717, 1.165) is 12.0 Å². The summed E-state index contributed by atoms with van der Waals surface area (Å²) in [6.07, 6.45) is 0.647. The Balaban J connectivity index is 2.46. The van der Waals surface area contributed by atoms with Gasteiger partial charge in [0.25, 0.3) is 0 Å². The summed E-state index contributed by atoms with van der Waals surface area (Å²) in [5, 5.41) is 11.3. The van der Waals surface area contributed by atoms with Crippen molar-refractivity contribution in [2.45, 2.75) is 26.2 Å². The van der Waals surface area contributed by atoms with E-state index in [1.807, 2.05) is 25.1 Å². The van der Waals surface area contributed by atoms with E-state index in [-0.39, 0.29) is 24.7 Å². The van der Waals surface area contributed by atoms with Crippen molar-refractivity contribution < 1.29 is 24.2 Å². The molecule has 0 fully saturated rings. The number of aliphatic carboxylic acids is 1. The van der Waals surface area contributed by atoms with Crippen molar-refractivity contribution in [2.24, 2.45) is 5.92 Å². The standard InChI is InChI=1S/C16H23NO5/c1-11(10-17-15(18)6-7-16(19)20)8-12-4-5-13(21-2)14(9-12)22-3/h4-5,9,11H,6-8,10H2,1-3H3,(H,17,18)(H,19,20). The number of hydrogen-bond donors (Lipinski definition) is 2. The summed E-state index contributed by atoms with van der Waals surface area (Å²) in [6, 6.07) is 5.73. The molecular formula is C16H23NO5. The molecule has 2 N–H and O–H groups in total. The number of carbonyl (C=O) groups is 2. The van der Waals surface area contributed by atoms with Crippen molar-refractivity contribution in [1.29, 1.82) is 0 Å². The lowest BCUT2D eigenvalue weighted by molar-refractivity contribution is -0.138. The van der Waals surface area contributed by atoms with Crippen molar-refractivity contribution in [3.8, 4) is 11.5 Å². The lowest BCUT2D eigenvalue weighted by atomic mass is 10.0. The first kappa shape index (κ1) is 17.8. The van der Waals surface area contributed by atoms with Crippen LogP contribution in [0.5, 0.6) is 11.5 Å². The average Bonchev–Trinajstić information content (AvgIpc) is 2.50. The van der Waals surface area contributed by atoms with E-state index in [1.165, 1.54) is 0 Å². The van der Waals surface area contributed by atoms with Gasteiger partial charge in [-0.25, -0.2) is 0 Å². The highest BCUT2D eigenvalue weighted by Crippen LogP contribution is 2.28. The van der Waals surface area contributed by atoms with Gasteiger partial charge in [-0.15, -0.1) is 0 Å².